The van der Waals surface area contributed by atoms with Crippen LogP contribution in [0.1, 0.15) is 52.0 Å². The maximum absolute atomic E-state index is 5.97. The SMILES string of the molecule is CCNC(=NCc1ccnc(OC2CCCC2)c1)NCC(C)(C)OC.I. The van der Waals surface area contributed by atoms with Crippen LogP contribution in [0.2, 0.25) is 0 Å². The lowest BCUT2D eigenvalue weighted by atomic mass is 10.1. The number of halogens is 1. The van der Waals surface area contributed by atoms with Crippen molar-refractivity contribution >= 4 is 29.9 Å². The third-order valence-electron chi connectivity index (χ3n) is 4.39. The molecule has 0 spiro atoms. The first-order valence-corrected chi connectivity index (χ1v) is 9.21. The minimum Gasteiger partial charge on any atom is -0.474 e. The highest BCUT2D eigenvalue weighted by molar-refractivity contribution is 14.0. The van der Waals surface area contributed by atoms with Gasteiger partial charge in [-0.2, -0.15) is 0 Å². The van der Waals surface area contributed by atoms with Gasteiger partial charge in [0.1, 0.15) is 6.10 Å². The Morgan fingerprint density at radius 2 is 2.04 bits per heavy atom. The van der Waals surface area contributed by atoms with Crippen LogP contribution >= 0.6 is 24.0 Å². The Hall–Kier alpha value is -1.09. The summed E-state index contributed by atoms with van der Waals surface area (Å²) in [5.74, 6) is 1.49. The summed E-state index contributed by atoms with van der Waals surface area (Å²) in [7, 11) is 1.72. The predicted octanol–water partition coefficient (Wildman–Crippen LogP) is 3.50. The molecule has 0 bridgehead atoms. The Bertz CT molecular complexity index is 560. The molecule has 0 aliphatic heterocycles. The summed E-state index contributed by atoms with van der Waals surface area (Å²) in [5.41, 5.74) is 0.848. The molecule has 0 aromatic carbocycles. The number of hydrogen-bond donors (Lipinski definition) is 2. The fourth-order valence-corrected chi connectivity index (χ4v) is 2.67. The Morgan fingerprint density at radius 3 is 2.69 bits per heavy atom. The van der Waals surface area contributed by atoms with Crippen molar-refractivity contribution < 1.29 is 9.47 Å². The lowest BCUT2D eigenvalue weighted by Crippen LogP contribution is -2.45. The molecule has 1 aliphatic rings. The zero-order chi connectivity index (χ0) is 18.1. The molecule has 1 heterocycles. The zero-order valence-electron chi connectivity index (χ0n) is 16.4. The van der Waals surface area contributed by atoms with E-state index in [4.69, 9.17) is 9.47 Å². The van der Waals surface area contributed by atoms with Gasteiger partial charge < -0.3 is 20.1 Å². The van der Waals surface area contributed by atoms with Gasteiger partial charge in [-0.05, 0) is 58.1 Å². The number of rotatable bonds is 8. The van der Waals surface area contributed by atoms with Crippen molar-refractivity contribution in [2.75, 3.05) is 20.2 Å². The van der Waals surface area contributed by atoms with Crippen molar-refractivity contribution in [3.63, 3.8) is 0 Å². The summed E-state index contributed by atoms with van der Waals surface area (Å²) in [6.07, 6.45) is 6.89. The van der Waals surface area contributed by atoms with E-state index in [-0.39, 0.29) is 29.6 Å². The van der Waals surface area contributed by atoms with Crippen LogP contribution in [0.25, 0.3) is 0 Å². The molecule has 0 unspecified atom stereocenters. The van der Waals surface area contributed by atoms with Crippen LogP contribution in [0.3, 0.4) is 0 Å². The Balaban J connectivity index is 0.00000338. The topological polar surface area (TPSA) is 67.8 Å². The number of guanidine groups is 1. The first-order chi connectivity index (χ1) is 12.0. The number of hydrogen-bond acceptors (Lipinski definition) is 4. The molecule has 1 saturated carbocycles. The largest absolute Gasteiger partial charge is 0.474 e. The Labute approximate surface area is 174 Å². The highest BCUT2D eigenvalue weighted by Crippen LogP contribution is 2.23. The molecule has 148 valence electrons. The lowest BCUT2D eigenvalue weighted by Gasteiger charge is -2.24. The molecule has 1 aromatic heterocycles. The van der Waals surface area contributed by atoms with Crippen molar-refractivity contribution in [1.29, 1.82) is 0 Å². The minimum absolute atomic E-state index is 0. The van der Waals surface area contributed by atoms with Crippen LogP contribution in [0.5, 0.6) is 5.88 Å². The van der Waals surface area contributed by atoms with Crippen molar-refractivity contribution in [1.82, 2.24) is 15.6 Å². The summed E-state index contributed by atoms with van der Waals surface area (Å²) in [5, 5.41) is 6.58. The number of ether oxygens (including phenoxy) is 2. The normalized spacial score (nSPS) is 15.5. The van der Waals surface area contributed by atoms with Gasteiger partial charge in [0.15, 0.2) is 5.96 Å². The van der Waals surface area contributed by atoms with E-state index in [0.29, 0.717) is 25.1 Å². The molecule has 1 fully saturated rings. The minimum atomic E-state index is -0.241. The number of methoxy groups -OCH3 is 1. The predicted molar refractivity (Wildman–Crippen MR) is 116 cm³/mol. The molecular weight excluding hydrogens is 443 g/mol. The van der Waals surface area contributed by atoms with Crippen molar-refractivity contribution in [2.24, 2.45) is 4.99 Å². The van der Waals surface area contributed by atoms with E-state index in [0.717, 1.165) is 30.9 Å². The summed E-state index contributed by atoms with van der Waals surface area (Å²) in [6, 6.07) is 3.97. The highest BCUT2D eigenvalue weighted by Gasteiger charge is 2.17. The molecule has 1 aromatic rings. The molecule has 7 heteroatoms. The van der Waals surface area contributed by atoms with Gasteiger partial charge >= 0.3 is 0 Å². The quantitative estimate of drug-likeness (QED) is 0.342. The van der Waals surface area contributed by atoms with Gasteiger partial charge in [-0.15, -0.1) is 24.0 Å². The number of nitrogens with zero attached hydrogens (tertiary/aromatic N) is 2. The Morgan fingerprint density at radius 1 is 1.31 bits per heavy atom. The first kappa shape index (κ1) is 23.0. The molecule has 1 aliphatic carbocycles. The Kier molecular flexibility index (Phi) is 10.2. The van der Waals surface area contributed by atoms with Crippen molar-refractivity contribution in [3.05, 3.63) is 23.9 Å². The summed E-state index contributed by atoms with van der Waals surface area (Å²) >= 11 is 0. The van der Waals surface area contributed by atoms with Gasteiger partial charge in [-0.3, -0.25) is 0 Å². The van der Waals surface area contributed by atoms with Gasteiger partial charge in [0, 0.05) is 32.5 Å². The molecule has 2 rings (SSSR count). The fourth-order valence-electron chi connectivity index (χ4n) is 2.67. The summed E-state index contributed by atoms with van der Waals surface area (Å²) in [4.78, 5) is 8.98. The molecule has 0 radical (unpaired) electrons. The highest BCUT2D eigenvalue weighted by atomic mass is 127. The summed E-state index contributed by atoms with van der Waals surface area (Å²) < 4.78 is 11.4. The van der Waals surface area contributed by atoms with E-state index in [1.807, 2.05) is 26.0 Å². The fraction of sp³-hybridized carbons (Fsp3) is 0.684. The van der Waals surface area contributed by atoms with E-state index in [1.165, 1.54) is 12.8 Å². The maximum atomic E-state index is 5.97. The molecular formula is C19H33IN4O2. The van der Waals surface area contributed by atoms with E-state index in [1.54, 1.807) is 13.3 Å². The summed E-state index contributed by atoms with van der Waals surface area (Å²) in [6.45, 7) is 8.20. The number of pyridine rings is 1. The van der Waals surface area contributed by atoms with E-state index >= 15 is 0 Å². The molecule has 0 saturated heterocycles. The third kappa shape index (κ3) is 8.07. The van der Waals surface area contributed by atoms with Gasteiger partial charge in [0.05, 0.1) is 12.1 Å². The standard InChI is InChI=1S/C19H32N4O2.HI/c1-5-20-18(23-14-19(2,3)24-4)22-13-15-10-11-21-17(12-15)25-16-8-6-7-9-16;/h10-12,16H,5-9,13-14H2,1-4H3,(H2,20,22,23);1H. The average molecular weight is 476 g/mol. The van der Waals surface area contributed by atoms with Gasteiger partial charge in [-0.25, -0.2) is 9.98 Å². The molecule has 6 nitrogen and oxygen atoms in total. The van der Waals surface area contributed by atoms with E-state index in [9.17, 15) is 0 Å². The first-order valence-electron chi connectivity index (χ1n) is 9.21. The number of aromatic nitrogens is 1. The number of nitrogens with one attached hydrogen (secondary N) is 2. The van der Waals surface area contributed by atoms with Crippen LogP contribution < -0.4 is 15.4 Å². The average Bonchev–Trinajstić information content (AvgIpc) is 3.11. The molecule has 0 atom stereocenters. The van der Waals surface area contributed by atoms with Gasteiger partial charge in [0.2, 0.25) is 5.88 Å². The van der Waals surface area contributed by atoms with Gasteiger partial charge in [0.25, 0.3) is 0 Å². The molecule has 2 N–H and O–H groups in total. The maximum Gasteiger partial charge on any atom is 0.213 e. The monoisotopic (exact) mass is 476 g/mol. The van der Waals surface area contributed by atoms with E-state index in [2.05, 4.69) is 27.5 Å². The smallest absolute Gasteiger partial charge is 0.213 e. The van der Waals surface area contributed by atoms with Crippen LogP contribution in [0, 0.1) is 0 Å². The zero-order valence-corrected chi connectivity index (χ0v) is 18.7. The van der Waals surface area contributed by atoms with Crippen LogP contribution in [0.4, 0.5) is 0 Å². The lowest BCUT2D eigenvalue weighted by molar-refractivity contribution is 0.0268. The van der Waals surface area contributed by atoms with Crippen LogP contribution in [0.15, 0.2) is 23.3 Å². The van der Waals surface area contributed by atoms with Crippen molar-refractivity contribution in [2.45, 2.75) is 64.7 Å². The third-order valence-corrected chi connectivity index (χ3v) is 4.39. The second-order valence-corrected chi connectivity index (χ2v) is 7.04. The van der Waals surface area contributed by atoms with Crippen LogP contribution in [-0.2, 0) is 11.3 Å². The second kappa shape index (κ2) is 11.6. The van der Waals surface area contributed by atoms with Gasteiger partial charge in [-0.1, -0.05) is 0 Å². The second-order valence-electron chi connectivity index (χ2n) is 7.04. The molecule has 26 heavy (non-hydrogen) atoms. The molecule has 0 amide bonds. The van der Waals surface area contributed by atoms with Crippen molar-refractivity contribution in [3.8, 4) is 5.88 Å². The van der Waals surface area contributed by atoms with E-state index < -0.39 is 0 Å². The number of aliphatic imine (C=N–C) groups is 1. The van der Waals surface area contributed by atoms with Crippen LogP contribution in [-0.4, -0.2) is 42.8 Å².